The van der Waals surface area contributed by atoms with Gasteiger partial charge < -0.3 is 0 Å². The van der Waals surface area contributed by atoms with E-state index in [2.05, 4.69) is 121 Å². The first-order chi connectivity index (χ1) is 28.7. The molecule has 10 aromatic rings. The third-order valence-electron chi connectivity index (χ3n) is 11.3. The summed E-state index contributed by atoms with van der Waals surface area (Å²) in [5.41, 5.74) is 14.5. The Morgan fingerprint density at radius 3 is 1.62 bits per heavy atom. The van der Waals surface area contributed by atoms with Crippen LogP contribution in [0.25, 0.3) is 111 Å². The molecule has 4 heteroatoms. The Bertz CT molecular complexity index is 3280. The molecule has 1 heterocycles. The smallest absolute Gasteiger partial charge is 0.164 e. The van der Waals surface area contributed by atoms with Gasteiger partial charge >= 0.3 is 0 Å². The van der Waals surface area contributed by atoms with Crippen LogP contribution in [-0.4, -0.2) is 15.0 Å². The second-order valence-corrected chi connectivity index (χ2v) is 14.7. The minimum atomic E-state index is 0.585. The molecule has 1 aliphatic carbocycles. The maximum Gasteiger partial charge on any atom is 0.164 e. The van der Waals surface area contributed by atoms with E-state index in [0.717, 1.165) is 60.8 Å². The van der Waals surface area contributed by atoms with Crippen molar-refractivity contribution < 1.29 is 0 Å². The Morgan fingerprint density at radius 1 is 0.310 bits per heavy atom. The van der Waals surface area contributed by atoms with Crippen molar-refractivity contribution in [1.29, 1.82) is 5.26 Å². The minimum absolute atomic E-state index is 0.585. The molecule has 0 saturated heterocycles. The van der Waals surface area contributed by atoms with Crippen LogP contribution in [0.2, 0.25) is 0 Å². The van der Waals surface area contributed by atoms with Gasteiger partial charge in [-0.1, -0.05) is 176 Å². The van der Waals surface area contributed by atoms with Gasteiger partial charge in [-0.3, -0.25) is 0 Å². The van der Waals surface area contributed by atoms with Crippen LogP contribution >= 0.6 is 0 Å². The van der Waals surface area contributed by atoms with Gasteiger partial charge in [0.2, 0.25) is 0 Å². The summed E-state index contributed by atoms with van der Waals surface area (Å²) in [4.78, 5) is 15.0. The second kappa shape index (κ2) is 13.6. The van der Waals surface area contributed by atoms with Crippen molar-refractivity contribution in [3.8, 4) is 95.9 Å². The summed E-state index contributed by atoms with van der Waals surface area (Å²) < 4.78 is 0. The van der Waals surface area contributed by atoms with E-state index in [1.165, 1.54) is 33.0 Å². The first-order valence-corrected chi connectivity index (χ1v) is 19.4. The van der Waals surface area contributed by atoms with Crippen molar-refractivity contribution in [2.24, 2.45) is 0 Å². The van der Waals surface area contributed by atoms with Gasteiger partial charge in [-0.2, -0.15) is 5.26 Å². The standard InChI is InChI=1S/C54H32N4/c55-33-50-43(22-11-23-44(50)39-17-8-16-38(30-39)41-31-40-18-10-24-47-45-20-6-7-21-46(45)49(32-41)51(40)47)35-26-28-37(29-27-35)53-56-52(36-13-2-1-3-14-36)57-54(58-53)48-25-9-15-34-12-4-5-19-42(34)48/h1-32H. The molecule has 0 aliphatic heterocycles. The fourth-order valence-electron chi connectivity index (χ4n) is 8.57. The highest BCUT2D eigenvalue weighted by Gasteiger charge is 2.22. The lowest BCUT2D eigenvalue weighted by molar-refractivity contribution is 1.08. The Labute approximate surface area is 336 Å². The van der Waals surface area contributed by atoms with Gasteiger partial charge in [0.1, 0.15) is 6.07 Å². The van der Waals surface area contributed by atoms with E-state index in [1.807, 2.05) is 78.9 Å². The quantitative estimate of drug-likeness (QED) is 0.170. The lowest BCUT2D eigenvalue weighted by Gasteiger charge is -2.13. The Hall–Kier alpha value is -8.00. The summed E-state index contributed by atoms with van der Waals surface area (Å²) in [7, 11) is 0. The number of rotatable bonds is 6. The van der Waals surface area contributed by atoms with E-state index >= 15 is 0 Å². The largest absolute Gasteiger partial charge is 0.208 e. The maximum atomic E-state index is 10.7. The molecule has 0 fully saturated rings. The molecule has 0 bridgehead atoms. The number of nitrogens with zero attached hydrogens (tertiary/aromatic N) is 4. The van der Waals surface area contributed by atoms with Gasteiger partial charge in [0, 0.05) is 27.8 Å². The van der Waals surface area contributed by atoms with Gasteiger partial charge in [-0.15, -0.1) is 0 Å². The van der Waals surface area contributed by atoms with Crippen LogP contribution < -0.4 is 0 Å². The lowest BCUT2D eigenvalue weighted by Crippen LogP contribution is -2.00. The van der Waals surface area contributed by atoms with Crippen LogP contribution in [-0.2, 0) is 0 Å². The fraction of sp³-hybridized carbons (Fsp3) is 0. The monoisotopic (exact) mass is 736 g/mol. The van der Waals surface area contributed by atoms with Gasteiger partial charge in [0.05, 0.1) is 5.56 Å². The van der Waals surface area contributed by atoms with Crippen molar-refractivity contribution in [2.45, 2.75) is 0 Å². The SMILES string of the molecule is N#Cc1c(-c2ccc(-c3nc(-c4ccccc4)nc(-c4cccc5ccccc45)n3)cc2)cccc1-c1cccc(-c2cc3c4c(cccc4c2)-c2ccccc2-3)c1. The molecule has 0 N–H and O–H groups in total. The van der Waals surface area contributed by atoms with Gasteiger partial charge in [0.15, 0.2) is 17.5 Å². The van der Waals surface area contributed by atoms with E-state index in [0.29, 0.717) is 23.0 Å². The van der Waals surface area contributed by atoms with Gasteiger partial charge in [-0.25, -0.2) is 15.0 Å². The Kier molecular flexibility index (Phi) is 7.84. The summed E-state index contributed by atoms with van der Waals surface area (Å²) >= 11 is 0. The van der Waals surface area contributed by atoms with Gasteiger partial charge in [-0.05, 0) is 84.3 Å². The van der Waals surface area contributed by atoms with Crippen LogP contribution in [0.15, 0.2) is 194 Å². The predicted molar refractivity (Wildman–Crippen MR) is 237 cm³/mol. The average molecular weight is 737 g/mol. The van der Waals surface area contributed by atoms with Gasteiger partial charge in [0.25, 0.3) is 0 Å². The zero-order valence-electron chi connectivity index (χ0n) is 31.3. The van der Waals surface area contributed by atoms with E-state index in [9.17, 15) is 5.26 Å². The van der Waals surface area contributed by atoms with Crippen molar-refractivity contribution in [3.05, 3.63) is 200 Å². The predicted octanol–water partition coefficient (Wildman–Crippen LogP) is 13.7. The summed E-state index contributed by atoms with van der Waals surface area (Å²) in [6.45, 7) is 0. The molecule has 0 saturated carbocycles. The Balaban J connectivity index is 0.967. The van der Waals surface area contributed by atoms with Crippen molar-refractivity contribution >= 4 is 21.5 Å². The number of nitriles is 1. The molecular formula is C54H32N4. The number of benzene rings is 9. The highest BCUT2D eigenvalue weighted by molar-refractivity contribution is 6.16. The topological polar surface area (TPSA) is 62.5 Å². The van der Waals surface area contributed by atoms with Crippen molar-refractivity contribution in [2.75, 3.05) is 0 Å². The second-order valence-electron chi connectivity index (χ2n) is 14.7. The first-order valence-electron chi connectivity index (χ1n) is 19.4. The number of fused-ring (bicyclic) bond motifs is 4. The summed E-state index contributed by atoms with van der Waals surface area (Å²) in [6.07, 6.45) is 0. The molecule has 268 valence electrons. The zero-order valence-corrected chi connectivity index (χ0v) is 31.3. The highest BCUT2D eigenvalue weighted by atomic mass is 15.0. The molecule has 1 aromatic heterocycles. The summed E-state index contributed by atoms with van der Waals surface area (Å²) in [6, 6.07) is 69.8. The molecule has 9 aromatic carbocycles. The third kappa shape index (κ3) is 5.57. The third-order valence-corrected chi connectivity index (χ3v) is 11.3. The van der Waals surface area contributed by atoms with Crippen LogP contribution in [0.5, 0.6) is 0 Å². The minimum Gasteiger partial charge on any atom is -0.208 e. The molecular weight excluding hydrogens is 705 g/mol. The van der Waals surface area contributed by atoms with Crippen LogP contribution in [0, 0.1) is 11.3 Å². The summed E-state index contributed by atoms with van der Waals surface area (Å²) in [5.74, 6) is 1.82. The van der Waals surface area contributed by atoms with Crippen molar-refractivity contribution in [3.63, 3.8) is 0 Å². The van der Waals surface area contributed by atoms with E-state index < -0.39 is 0 Å². The van der Waals surface area contributed by atoms with E-state index in [-0.39, 0.29) is 0 Å². The molecule has 0 amide bonds. The molecule has 0 unspecified atom stereocenters. The van der Waals surface area contributed by atoms with Crippen LogP contribution in [0.3, 0.4) is 0 Å². The molecule has 1 aliphatic rings. The summed E-state index contributed by atoms with van der Waals surface area (Å²) in [5, 5.41) is 15.5. The molecule has 0 spiro atoms. The Morgan fingerprint density at radius 2 is 0.828 bits per heavy atom. The average Bonchev–Trinajstić information content (AvgIpc) is 3.63. The molecule has 4 nitrogen and oxygen atoms in total. The number of aromatic nitrogens is 3. The number of hydrogen-bond acceptors (Lipinski definition) is 4. The normalized spacial score (nSPS) is 11.4. The van der Waals surface area contributed by atoms with E-state index in [1.54, 1.807) is 0 Å². The van der Waals surface area contributed by atoms with Crippen LogP contribution in [0.4, 0.5) is 0 Å². The number of hydrogen-bond donors (Lipinski definition) is 0. The zero-order chi connectivity index (χ0) is 38.6. The molecule has 0 radical (unpaired) electrons. The fourth-order valence-corrected chi connectivity index (χ4v) is 8.57. The maximum absolute atomic E-state index is 10.7. The highest BCUT2D eigenvalue weighted by Crippen LogP contribution is 2.48. The molecule has 58 heavy (non-hydrogen) atoms. The molecule has 0 atom stereocenters. The first kappa shape index (κ1) is 33.3. The van der Waals surface area contributed by atoms with Crippen molar-refractivity contribution in [1.82, 2.24) is 15.0 Å². The molecule has 11 rings (SSSR count). The van der Waals surface area contributed by atoms with Crippen LogP contribution in [0.1, 0.15) is 5.56 Å². The van der Waals surface area contributed by atoms with E-state index in [4.69, 9.17) is 15.0 Å². The lowest BCUT2D eigenvalue weighted by atomic mass is 9.90.